The third-order valence-electron chi connectivity index (χ3n) is 0.707. The van der Waals surface area contributed by atoms with Crippen molar-refractivity contribution in [1.82, 2.24) is 0 Å². The van der Waals surface area contributed by atoms with Crippen LogP contribution in [0.3, 0.4) is 0 Å². The summed E-state index contributed by atoms with van der Waals surface area (Å²) in [4.78, 5) is 0. The molecule has 0 aromatic rings. The molecule has 0 nitrogen and oxygen atoms in total. The van der Waals surface area contributed by atoms with Gasteiger partial charge in [-0.25, -0.2) is 0 Å². The summed E-state index contributed by atoms with van der Waals surface area (Å²) in [6.07, 6.45) is 2.73. The summed E-state index contributed by atoms with van der Waals surface area (Å²) in [5, 5.41) is 1.34. The van der Waals surface area contributed by atoms with Gasteiger partial charge in [-0.3, -0.25) is 0 Å². The maximum atomic E-state index is 2.21. The summed E-state index contributed by atoms with van der Waals surface area (Å²) < 4.78 is 0. The first-order valence-electron chi connectivity index (χ1n) is 2.41. The SMILES string of the molecule is [Ba].[Li][CH2]CCC. The van der Waals surface area contributed by atoms with Crippen molar-refractivity contribution in [2.75, 3.05) is 0 Å². The average Bonchev–Trinajstić information content (AvgIpc) is 1.41. The van der Waals surface area contributed by atoms with E-state index in [2.05, 4.69) is 24.6 Å². The summed E-state index contributed by atoms with van der Waals surface area (Å²) >= 11 is 2.21. The van der Waals surface area contributed by atoms with Gasteiger partial charge >= 0.3 is 42.6 Å². The van der Waals surface area contributed by atoms with E-state index in [1.165, 1.54) is 17.9 Å². The molecule has 2 heteroatoms. The molecule has 28 valence electrons. The summed E-state index contributed by atoms with van der Waals surface area (Å²) in [6.45, 7) is 2.21. The third kappa shape index (κ3) is 9.48. The van der Waals surface area contributed by atoms with Crippen molar-refractivity contribution in [2.45, 2.75) is 24.9 Å². The Balaban J connectivity index is 0. The van der Waals surface area contributed by atoms with Crippen LogP contribution in [0.2, 0.25) is 5.09 Å². The van der Waals surface area contributed by atoms with Crippen LogP contribution in [0, 0.1) is 0 Å². The zero-order valence-electron chi connectivity index (χ0n) is 4.83. The van der Waals surface area contributed by atoms with Crippen LogP contribution in [0.4, 0.5) is 0 Å². The standard InChI is InChI=1S/C4H9.Ba.Li/c1-3-4-2;;/h1,3-4H2,2H3;;. The van der Waals surface area contributed by atoms with Gasteiger partial charge in [-0.15, -0.1) is 0 Å². The van der Waals surface area contributed by atoms with Gasteiger partial charge in [0.15, 0.2) is 0 Å². The Morgan fingerprint density at radius 3 is 2.00 bits per heavy atom. The predicted molar refractivity (Wildman–Crippen MR) is 31.2 cm³/mol. The van der Waals surface area contributed by atoms with Gasteiger partial charge < -0.3 is 0 Å². The van der Waals surface area contributed by atoms with Gasteiger partial charge in [-0.05, 0) is 0 Å². The second kappa shape index (κ2) is 10.2. The number of hydrogen-bond donors (Lipinski definition) is 0. The first-order chi connectivity index (χ1) is 2.41. The Morgan fingerprint density at radius 2 is 2.00 bits per heavy atom. The zero-order chi connectivity index (χ0) is 4.12. The molecule has 0 atom stereocenters. The zero-order valence-corrected chi connectivity index (χ0v) is 9.27. The molecule has 0 fully saturated rings. The van der Waals surface area contributed by atoms with Crippen molar-refractivity contribution in [3.8, 4) is 0 Å². The Kier molecular flexibility index (Phi) is 18.8. The topological polar surface area (TPSA) is 0 Å². The number of rotatable bonds is 2. The van der Waals surface area contributed by atoms with Gasteiger partial charge in [0.2, 0.25) is 0 Å². The van der Waals surface area contributed by atoms with Crippen LogP contribution in [0.15, 0.2) is 0 Å². The summed E-state index contributed by atoms with van der Waals surface area (Å²) in [5.74, 6) is 0. The van der Waals surface area contributed by atoms with Crippen LogP contribution in [0.5, 0.6) is 0 Å². The molecule has 0 aliphatic heterocycles. The van der Waals surface area contributed by atoms with E-state index in [9.17, 15) is 0 Å². The monoisotopic (exact) mass is 202 g/mol. The van der Waals surface area contributed by atoms with E-state index in [1.54, 1.807) is 0 Å². The fourth-order valence-electron chi connectivity index (χ4n) is 0.354. The number of hydrogen-bond acceptors (Lipinski definition) is 0. The van der Waals surface area contributed by atoms with Crippen molar-refractivity contribution in [1.29, 1.82) is 0 Å². The molecule has 0 aliphatic rings. The molecule has 0 N–H and O–H groups in total. The third-order valence-corrected chi connectivity index (χ3v) is 0.707. The van der Waals surface area contributed by atoms with Crippen LogP contribution >= 0.6 is 0 Å². The second-order valence-electron chi connectivity index (χ2n) is 1.35. The summed E-state index contributed by atoms with van der Waals surface area (Å²) in [5.41, 5.74) is 0. The van der Waals surface area contributed by atoms with Gasteiger partial charge in [0.05, 0.1) is 0 Å². The molecule has 2 radical (unpaired) electrons. The van der Waals surface area contributed by atoms with Crippen LogP contribution in [-0.2, 0) is 0 Å². The Morgan fingerprint density at radius 1 is 1.50 bits per heavy atom. The van der Waals surface area contributed by atoms with Crippen LogP contribution in [-0.4, -0.2) is 66.6 Å². The first-order valence-corrected chi connectivity index (χ1v) is 2.41. The number of unbranched alkanes of at least 4 members (excludes halogenated alkanes) is 1. The minimum atomic E-state index is 0. The molecule has 0 spiro atoms. The van der Waals surface area contributed by atoms with Crippen molar-refractivity contribution in [3.05, 3.63) is 0 Å². The Hall–Kier alpha value is 2.17. The Labute approximate surface area is 89.7 Å². The molecule has 0 aromatic heterocycles. The summed E-state index contributed by atoms with van der Waals surface area (Å²) in [7, 11) is 0. The molecule has 0 aliphatic carbocycles. The Bertz CT molecular complexity index is 15.0. The van der Waals surface area contributed by atoms with Crippen LogP contribution in [0.1, 0.15) is 19.8 Å². The van der Waals surface area contributed by atoms with E-state index in [0.717, 1.165) is 0 Å². The van der Waals surface area contributed by atoms with Crippen molar-refractivity contribution in [3.63, 3.8) is 0 Å². The molecule has 0 bridgehead atoms. The first kappa shape index (κ1) is 11.0. The minimum absolute atomic E-state index is 0. The molecular formula is C4H9BaLi. The normalized spacial score (nSPS) is 7.17. The van der Waals surface area contributed by atoms with E-state index in [4.69, 9.17) is 0 Å². The fraction of sp³-hybridized carbons (Fsp3) is 1.00. The second-order valence-corrected chi connectivity index (χ2v) is 1.35. The average molecular weight is 201 g/mol. The molecule has 0 heterocycles. The van der Waals surface area contributed by atoms with Crippen LogP contribution < -0.4 is 0 Å². The van der Waals surface area contributed by atoms with E-state index in [1.807, 2.05) is 0 Å². The van der Waals surface area contributed by atoms with Crippen molar-refractivity contribution in [2.24, 2.45) is 0 Å². The van der Waals surface area contributed by atoms with E-state index in [0.29, 0.717) is 0 Å². The quantitative estimate of drug-likeness (QED) is 0.585. The molecule has 0 rings (SSSR count). The van der Waals surface area contributed by atoms with Gasteiger partial charge in [-0.2, -0.15) is 0 Å². The van der Waals surface area contributed by atoms with Crippen molar-refractivity contribution < 1.29 is 0 Å². The van der Waals surface area contributed by atoms with E-state index < -0.39 is 0 Å². The molecule has 6 heavy (non-hydrogen) atoms. The van der Waals surface area contributed by atoms with E-state index in [-0.39, 0.29) is 48.9 Å². The van der Waals surface area contributed by atoms with Gasteiger partial charge in [0.25, 0.3) is 0 Å². The maximum absolute atomic E-state index is 2.21. The van der Waals surface area contributed by atoms with Gasteiger partial charge in [0, 0.05) is 48.9 Å². The molecule has 0 saturated heterocycles. The van der Waals surface area contributed by atoms with E-state index >= 15 is 0 Å². The predicted octanol–water partition coefficient (Wildman–Crippen LogP) is 0.992. The molecule has 0 unspecified atom stereocenters. The van der Waals surface area contributed by atoms with Gasteiger partial charge in [-0.1, -0.05) is 0 Å². The molecule has 0 saturated carbocycles. The van der Waals surface area contributed by atoms with Crippen molar-refractivity contribution >= 4 is 66.6 Å². The fourth-order valence-corrected chi connectivity index (χ4v) is 0.354. The molecule has 0 aromatic carbocycles. The summed E-state index contributed by atoms with van der Waals surface area (Å²) in [6, 6.07) is 0. The molecule has 0 amide bonds. The molecular weight excluding hydrogens is 192 g/mol. The van der Waals surface area contributed by atoms with Crippen LogP contribution in [0.25, 0.3) is 0 Å². The van der Waals surface area contributed by atoms with Gasteiger partial charge in [0.1, 0.15) is 0 Å².